The first-order valence-corrected chi connectivity index (χ1v) is 11.3. The van der Waals surface area contributed by atoms with Crippen molar-refractivity contribution in [2.45, 2.75) is 24.8 Å². The van der Waals surface area contributed by atoms with Crippen LogP contribution in [0, 0.1) is 0 Å². The summed E-state index contributed by atoms with van der Waals surface area (Å²) < 4.78 is 10.2. The summed E-state index contributed by atoms with van der Waals surface area (Å²) in [5.74, 6) is -2.53. The van der Waals surface area contributed by atoms with Gasteiger partial charge in [-0.05, 0) is 35.1 Å². The number of hydrogen-bond donors (Lipinski definition) is 4. The van der Waals surface area contributed by atoms with Crippen molar-refractivity contribution in [3.05, 3.63) is 59.7 Å². The van der Waals surface area contributed by atoms with Gasteiger partial charge in [0.15, 0.2) is 0 Å². The van der Waals surface area contributed by atoms with Crippen molar-refractivity contribution in [2.24, 2.45) is 0 Å². The first-order chi connectivity index (χ1) is 16.9. The number of ether oxygens (including phenoxy) is 2. The number of aliphatic carboxylic acids is 1. The Morgan fingerprint density at radius 1 is 0.914 bits per heavy atom. The molecule has 3 amide bonds. The number of fused-ring (bicyclic) bond motifs is 3. The predicted molar refractivity (Wildman–Crippen MR) is 127 cm³/mol. The molecule has 1 unspecified atom stereocenters. The number of carbonyl (C=O) groups is 4. The van der Waals surface area contributed by atoms with E-state index in [4.69, 9.17) is 9.47 Å². The second-order valence-electron chi connectivity index (χ2n) is 8.05. The molecule has 0 fully saturated rings. The van der Waals surface area contributed by atoms with Crippen LogP contribution in [-0.4, -0.2) is 68.4 Å². The summed E-state index contributed by atoms with van der Waals surface area (Å²) in [6, 6.07) is 14.8. The Morgan fingerprint density at radius 2 is 1.51 bits per heavy atom. The number of alkyl carbamates (subject to hydrolysis) is 1. The van der Waals surface area contributed by atoms with Crippen LogP contribution < -0.4 is 16.0 Å². The minimum atomic E-state index is -1.17. The van der Waals surface area contributed by atoms with E-state index in [1.54, 1.807) is 0 Å². The zero-order chi connectivity index (χ0) is 25.2. The molecular formula is C25H29N3O7. The van der Waals surface area contributed by atoms with Crippen molar-refractivity contribution in [3.8, 4) is 11.1 Å². The predicted octanol–water partition coefficient (Wildman–Crippen LogP) is 1.64. The number of carbonyl (C=O) groups excluding carboxylic acids is 3. The van der Waals surface area contributed by atoms with Gasteiger partial charge in [-0.2, -0.15) is 0 Å². The van der Waals surface area contributed by atoms with Crippen LogP contribution in [0.25, 0.3) is 11.1 Å². The summed E-state index contributed by atoms with van der Waals surface area (Å²) >= 11 is 0. The first kappa shape index (κ1) is 25.7. The maximum absolute atomic E-state index is 12.1. The maximum Gasteiger partial charge on any atom is 0.407 e. The van der Waals surface area contributed by atoms with E-state index in [-0.39, 0.29) is 25.5 Å². The van der Waals surface area contributed by atoms with Crippen LogP contribution in [0.4, 0.5) is 4.79 Å². The van der Waals surface area contributed by atoms with Crippen LogP contribution in [0.1, 0.15) is 29.9 Å². The lowest BCUT2D eigenvalue weighted by molar-refractivity contribution is -0.142. The molecule has 0 bridgehead atoms. The first-order valence-electron chi connectivity index (χ1n) is 11.3. The fourth-order valence-corrected chi connectivity index (χ4v) is 3.98. The average molecular weight is 484 g/mol. The monoisotopic (exact) mass is 483 g/mol. The molecule has 0 saturated carbocycles. The molecule has 35 heavy (non-hydrogen) atoms. The highest BCUT2D eigenvalue weighted by molar-refractivity contribution is 5.89. The lowest BCUT2D eigenvalue weighted by Gasteiger charge is -2.15. The van der Waals surface area contributed by atoms with Gasteiger partial charge in [-0.15, -0.1) is 0 Å². The van der Waals surface area contributed by atoms with Crippen molar-refractivity contribution >= 4 is 23.9 Å². The Labute approximate surface area is 203 Å². The third kappa shape index (κ3) is 7.03. The molecule has 0 aliphatic heterocycles. The van der Waals surface area contributed by atoms with Gasteiger partial charge in [0.1, 0.15) is 19.2 Å². The Bertz CT molecular complexity index is 1030. The summed E-state index contributed by atoms with van der Waals surface area (Å²) in [6.07, 6.45) is -0.0911. The molecule has 10 heteroatoms. The van der Waals surface area contributed by atoms with E-state index in [0.717, 1.165) is 22.3 Å². The van der Waals surface area contributed by atoms with Crippen molar-refractivity contribution in [3.63, 3.8) is 0 Å². The Morgan fingerprint density at radius 3 is 2.11 bits per heavy atom. The highest BCUT2D eigenvalue weighted by atomic mass is 16.5. The van der Waals surface area contributed by atoms with E-state index >= 15 is 0 Å². The summed E-state index contributed by atoms with van der Waals surface area (Å²) in [7, 11) is 1.50. The molecule has 10 nitrogen and oxygen atoms in total. The molecule has 186 valence electrons. The van der Waals surface area contributed by atoms with Crippen LogP contribution >= 0.6 is 0 Å². The van der Waals surface area contributed by atoms with Crippen LogP contribution in [0.2, 0.25) is 0 Å². The molecule has 2 aromatic carbocycles. The van der Waals surface area contributed by atoms with E-state index in [1.807, 2.05) is 48.5 Å². The molecule has 0 saturated heterocycles. The minimum absolute atomic E-state index is 0.100. The summed E-state index contributed by atoms with van der Waals surface area (Å²) in [4.78, 5) is 47.3. The van der Waals surface area contributed by atoms with Gasteiger partial charge in [0.05, 0.1) is 6.54 Å². The lowest BCUT2D eigenvalue weighted by atomic mass is 9.98. The fraction of sp³-hybridized carbons (Fsp3) is 0.360. The fourth-order valence-electron chi connectivity index (χ4n) is 3.98. The summed E-state index contributed by atoms with van der Waals surface area (Å²) in [5.41, 5.74) is 4.37. The Kier molecular flexibility index (Phi) is 9.19. The van der Waals surface area contributed by atoms with Gasteiger partial charge in [0, 0.05) is 19.6 Å². The van der Waals surface area contributed by atoms with Gasteiger partial charge in [-0.25, -0.2) is 9.59 Å². The van der Waals surface area contributed by atoms with Crippen LogP contribution in [0.15, 0.2) is 48.5 Å². The van der Waals surface area contributed by atoms with Crippen LogP contribution in [0.5, 0.6) is 0 Å². The third-order valence-electron chi connectivity index (χ3n) is 5.66. The van der Waals surface area contributed by atoms with E-state index in [1.165, 1.54) is 7.11 Å². The Hall–Kier alpha value is -3.92. The standard InChI is InChI=1S/C25H29N3O7/c1-34-12-6-11-21(24(31)32)28-23(30)14-26-22(29)13-27-25(33)35-15-20-18-9-4-2-7-16(18)17-8-3-5-10-19(17)20/h2-5,7-10,20-21H,6,11-15H2,1H3,(H,26,29)(H,27,33)(H,28,30)(H,31,32). The van der Waals surface area contributed by atoms with Crippen molar-refractivity contribution < 1.29 is 33.8 Å². The van der Waals surface area contributed by atoms with Crippen molar-refractivity contribution in [2.75, 3.05) is 33.4 Å². The quantitative estimate of drug-likeness (QED) is 0.336. The van der Waals surface area contributed by atoms with Gasteiger partial charge in [0.2, 0.25) is 11.8 Å². The molecule has 2 aromatic rings. The third-order valence-corrected chi connectivity index (χ3v) is 5.66. The normalized spacial score (nSPS) is 12.7. The molecule has 4 N–H and O–H groups in total. The second kappa shape index (κ2) is 12.5. The molecule has 1 aliphatic rings. The van der Waals surface area contributed by atoms with Crippen LogP contribution in [-0.2, 0) is 23.9 Å². The van der Waals surface area contributed by atoms with E-state index in [2.05, 4.69) is 16.0 Å². The van der Waals surface area contributed by atoms with Gasteiger partial charge in [-0.1, -0.05) is 48.5 Å². The van der Waals surface area contributed by atoms with Crippen molar-refractivity contribution in [1.82, 2.24) is 16.0 Å². The maximum atomic E-state index is 12.1. The Balaban J connectivity index is 1.40. The average Bonchev–Trinajstić information content (AvgIpc) is 3.18. The summed E-state index contributed by atoms with van der Waals surface area (Å²) in [6.45, 7) is -0.319. The highest BCUT2D eigenvalue weighted by Gasteiger charge is 2.29. The number of methoxy groups -OCH3 is 1. The van der Waals surface area contributed by atoms with Crippen LogP contribution in [0.3, 0.4) is 0 Å². The molecular weight excluding hydrogens is 454 g/mol. The molecule has 3 rings (SSSR count). The number of hydrogen-bond acceptors (Lipinski definition) is 6. The van der Waals surface area contributed by atoms with E-state index < -0.39 is 36.5 Å². The van der Waals surface area contributed by atoms with Gasteiger partial charge >= 0.3 is 12.1 Å². The number of nitrogens with one attached hydrogen (secondary N) is 3. The number of carboxylic acids is 1. The molecule has 0 aromatic heterocycles. The molecule has 0 heterocycles. The minimum Gasteiger partial charge on any atom is -0.480 e. The number of benzene rings is 2. The SMILES string of the molecule is COCCCC(NC(=O)CNC(=O)CNC(=O)OCC1c2ccccc2-c2ccccc21)C(=O)O. The largest absolute Gasteiger partial charge is 0.480 e. The zero-order valence-electron chi connectivity index (χ0n) is 19.4. The van der Waals surface area contributed by atoms with Crippen molar-refractivity contribution in [1.29, 1.82) is 0 Å². The molecule has 0 spiro atoms. The topological polar surface area (TPSA) is 143 Å². The van der Waals surface area contributed by atoms with E-state index in [0.29, 0.717) is 13.0 Å². The van der Waals surface area contributed by atoms with Gasteiger partial charge < -0.3 is 30.5 Å². The molecule has 1 aliphatic carbocycles. The number of carboxylic acid groups (broad SMARTS) is 1. The molecule has 0 radical (unpaired) electrons. The lowest BCUT2D eigenvalue weighted by Crippen LogP contribution is -2.47. The zero-order valence-corrected chi connectivity index (χ0v) is 19.4. The van der Waals surface area contributed by atoms with Gasteiger partial charge in [-0.3, -0.25) is 9.59 Å². The van der Waals surface area contributed by atoms with Gasteiger partial charge in [0.25, 0.3) is 0 Å². The number of amides is 3. The molecule has 1 atom stereocenters. The second-order valence-corrected chi connectivity index (χ2v) is 8.05. The summed E-state index contributed by atoms with van der Waals surface area (Å²) in [5, 5.41) is 16.2. The smallest absolute Gasteiger partial charge is 0.407 e. The highest BCUT2D eigenvalue weighted by Crippen LogP contribution is 2.44. The number of rotatable bonds is 12. The van der Waals surface area contributed by atoms with E-state index in [9.17, 15) is 24.3 Å².